The number of para-hydroxylation sites is 1. The number of ether oxygens (including phenoxy) is 2. The molecule has 0 heterocycles. The molecule has 6 nitrogen and oxygen atoms in total. The van der Waals surface area contributed by atoms with Gasteiger partial charge >= 0.3 is 12.6 Å². The molecule has 22 heavy (non-hydrogen) atoms. The average molecular weight is 317 g/mol. The summed E-state index contributed by atoms with van der Waals surface area (Å²) in [4.78, 5) is 24.3. The van der Waals surface area contributed by atoms with E-state index in [1.807, 2.05) is 0 Å². The number of halogens is 2. The Labute approximate surface area is 126 Å². The molecule has 1 amide bonds. The molecule has 0 aromatic heterocycles. The van der Waals surface area contributed by atoms with E-state index in [2.05, 4.69) is 4.74 Å². The Hall–Kier alpha value is -2.38. The number of nitrogens with zero attached hydrogens (tertiary/aromatic N) is 1. The molecule has 1 N–H and O–H groups in total. The van der Waals surface area contributed by atoms with Crippen LogP contribution in [0.4, 0.5) is 8.78 Å². The summed E-state index contributed by atoms with van der Waals surface area (Å²) in [5, 5.41) is 8.86. The lowest BCUT2D eigenvalue weighted by Crippen LogP contribution is -2.34. The minimum atomic E-state index is -3.12. The van der Waals surface area contributed by atoms with Crippen molar-refractivity contribution in [2.24, 2.45) is 5.92 Å². The number of methoxy groups -OCH3 is 1. The molecule has 0 aliphatic heterocycles. The van der Waals surface area contributed by atoms with Crippen LogP contribution in [0.3, 0.4) is 0 Å². The number of carbonyl (C=O) groups excluding carboxylic acids is 1. The molecular weight excluding hydrogens is 300 g/mol. The zero-order chi connectivity index (χ0) is 16.9. The molecule has 8 heteroatoms. The molecule has 0 radical (unpaired) electrons. The summed E-state index contributed by atoms with van der Waals surface area (Å²) >= 11 is 0. The average Bonchev–Trinajstić information content (AvgIpc) is 2.45. The molecule has 1 atom stereocenters. The summed E-state index contributed by atoms with van der Waals surface area (Å²) in [5.41, 5.74) is -0.125. The predicted octanol–water partition coefficient (Wildman–Crippen LogP) is 2.09. The summed E-state index contributed by atoms with van der Waals surface area (Å²) in [5.74, 6) is -2.87. The van der Waals surface area contributed by atoms with Crippen molar-refractivity contribution in [3.8, 4) is 11.5 Å². The molecule has 0 saturated heterocycles. The van der Waals surface area contributed by atoms with Crippen LogP contribution in [0.5, 0.6) is 11.5 Å². The summed E-state index contributed by atoms with van der Waals surface area (Å²) in [6.45, 7) is -1.75. The lowest BCUT2D eigenvalue weighted by atomic mass is 10.1. The number of hydrogen-bond acceptors (Lipinski definition) is 4. The molecule has 1 aromatic carbocycles. The number of rotatable bonds is 7. The molecule has 0 fully saturated rings. The standard InChI is InChI=1S/C14H17F2NO5/c1-8(13(19)20)7-17(2)12(18)9-5-4-6-10(21-3)11(9)22-14(15)16/h4-6,8,14H,7H2,1-3H3,(H,19,20). The summed E-state index contributed by atoms with van der Waals surface area (Å²) < 4.78 is 34.3. The highest BCUT2D eigenvalue weighted by atomic mass is 19.3. The smallest absolute Gasteiger partial charge is 0.387 e. The van der Waals surface area contributed by atoms with Gasteiger partial charge in [-0.2, -0.15) is 8.78 Å². The monoisotopic (exact) mass is 317 g/mol. The van der Waals surface area contributed by atoms with Crippen LogP contribution in [0.2, 0.25) is 0 Å². The van der Waals surface area contributed by atoms with Crippen LogP contribution >= 0.6 is 0 Å². The van der Waals surface area contributed by atoms with Gasteiger partial charge in [0, 0.05) is 13.6 Å². The van der Waals surface area contributed by atoms with Crippen molar-refractivity contribution >= 4 is 11.9 Å². The maximum Gasteiger partial charge on any atom is 0.387 e. The third-order valence-corrected chi connectivity index (χ3v) is 2.95. The second kappa shape index (κ2) is 7.58. The number of carbonyl (C=O) groups is 2. The molecule has 1 unspecified atom stereocenters. The van der Waals surface area contributed by atoms with Gasteiger partial charge in [0.05, 0.1) is 18.6 Å². The fourth-order valence-corrected chi connectivity index (χ4v) is 1.83. The van der Waals surface area contributed by atoms with E-state index in [1.165, 1.54) is 39.3 Å². The van der Waals surface area contributed by atoms with E-state index < -0.39 is 24.4 Å². The molecule has 0 bridgehead atoms. The Morgan fingerprint density at radius 1 is 1.36 bits per heavy atom. The fourth-order valence-electron chi connectivity index (χ4n) is 1.83. The first kappa shape index (κ1) is 17.7. The number of aliphatic carboxylic acids is 1. The Bertz CT molecular complexity index is 550. The number of amides is 1. The fraction of sp³-hybridized carbons (Fsp3) is 0.429. The second-order valence-electron chi connectivity index (χ2n) is 4.64. The topological polar surface area (TPSA) is 76.1 Å². The molecule has 0 saturated carbocycles. The zero-order valence-electron chi connectivity index (χ0n) is 12.4. The number of benzene rings is 1. The van der Waals surface area contributed by atoms with Crippen molar-refractivity contribution in [1.29, 1.82) is 0 Å². The third-order valence-electron chi connectivity index (χ3n) is 2.95. The summed E-state index contributed by atoms with van der Waals surface area (Å²) in [7, 11) is 2.64. The van der Waals surface area contributed by atoms with Crippen LogP contribution in [0.15, 0.2) is 18.2 Å². The van der Waals surface area contributed by atoms with E-state index in [9.17, 15) is 18.4 Å². The first-order valence-corrected chi connectivity index (χ1v) is 6.38. The van der Waals surface area contributed by atoms with Gasteiger partial charge in [-0.15, -0.1) is 0 Å². The minimum absolute atomic E-state index is 0.00849. The number of carboxylic acid groups (broad SMARTS) is 1. The Morgan fingerprint density at radius 3 is 2.50 bits per heavy atom. The maximum absolute atomic E-state index is 12.5. The third kappa shape index (κ3) is 4.31. The van der Waals surface area contributed by atoms with Crippen molar-refractivity contribution < 1.29 is 33.0 Å². The Morgan fingerprint density at radius 2 is 2.00 bits per heavy atom. The Balaban J connectivity index is 3.08. The van der Waals surface area contributed by atoms with Crippen LogP contribution < -0.4 is 9.47 Å². The molecule has 122 valence electrons. The van der Waals surface area contributed by atoms with E-state index >= 15 is 0 Å². The van der Waals surface area contributed by atoms with Crippen LogP contribution in [0.25, 0.3) is 0 Å². The predicted molar refractivity (Wildman–Crippen MR) is 73.4 cm³/mol. The van der Waals surface area contributed by atoms with Gasteiger partial charge in [0.1, 0.15) is 0 Å². The van der Waals surface area contributed by atoms with Gasteiger partial charge < -0.3 is 19.5 Å². The first-order chi connectivity index (χ1) is 10.3. The van der Waals surface area contributed by atoms with Crippen molar-refractivity contribution in [1.82, 2.24) is 4.90 Å². The maximum atomic E-state index is 12.5. The highest BCUT2D eigenvalue weighted by Crippen LogP contribution is 2.33. The molecule has 1 rings (SSSR count). The van der Waals surface area contributed by atoms with Crippen LogP contribution in [0, 0.1) is 5.92 Å². The molecular formula is C14H17F2NO5. The van der Waals surface area contributed by atoms with Gasteiger partial charge in [-0.1, -0.05) is 13.0 Å². The van der Waals surface area contributed by atoms with E-state index in [-0.39, 0.29) is 23.6 Å². The van der Waals surface area contributed by atoms with Crippen molar-refractivity contribution in [3.05, 3.63) is 23.8 Å². The molecule has 0 aliphatic carbocycles. The minimum Gasteiger partial charge on any atom is -0.493 e. The molecule has 0 spiro atoms. The summed E-state index contributed by atoms with van der Waals surface area (Å²) in [6.07, 6.45) is 0. The second-order valence-corrected chi connectivity index (χ2v) is 4.64. The van der Waals surface area contributed by atoms with E-state index in [0.717, 1.165) is 4.90 Å². The normalized spacial score (nSPS) is 11.9. The van der Waals surface area contributed by atoms with Gasteiger partial charge in [-0.3, -0.25) is 9.59 Å². The van der Waals surface area contributed by atoms with Crippen LogP contribution in [-0.4, -0.2) is 49.2 Å². The van der Waals surface area contributed by atoms with Gasteiger partial charge in [0.15, 0.2) is 11.5 Å². The zero-order valence-corrected chi connectivity index (χ0v) is 12.4. The Kier molecular flexibility index (Phi) is 6.09. The quantitative estimate of drug-likeness (QED) is 0.833. The number of alkyl halides is 2. The lowest BCUT2D eigenvalue weighted by Gasteiger charge is -2.21. The first-order valence-electron chi connectivity index (χ1n) is 6.38. The lowest BCUT2D eigenvalue weighted by molar-refractivity contribution is -0.141. The number of hydrogen-bond donors (Lipinski definition) is 1. The SMILES string of the molecule is COc1cccc(C(=O)N(C)CC(C)C(=O)O)c1OC(F)F. The van der Waals surface area contributed by atoms with Gasteiger partial charge in [0.25, 0.3) is 5.91 Å². The highest BCUT2D eigenvalue weighted by Gasteiger charge is 2.24. The summed E-state index contributed by atoms with van der Waals surface area (Å²) in [6, 6.07) is 4.15. The van der Waals surface area contributed by atoms with Gasteiger partial charge in [0.2, 0.25) is 0 Å². The van der Waals surface area contributed by atoms with Gasteiger partial charge in [-0.05, 0) is 12.1 Å². The number of carboxylic acids is 1. The largest absolute Gasteiger partial charge is 0.493 e. The molecule has 0 aliphatic rings. The van der Waals surface area contributed by atoms with Gasteiger partial charge in [-0.25, -0.2) is 0 Å². The van der Waals surface area contributed by atoms with Crippen molar-refractivity contribution in [2.45, 2.75) is 13.5 Å². The van der Waals surface area contributed by atoms with Crippen molar-refractivity contribution in [3.63, 3.8) is 0 Å². The highest BCUT2D eigenvalue weighted by molar-refractivity contribution is 5.97. The van der Waals surface area contributed by atoms with Crippen LogP contribution in [-0.2, 0) is 4.79 Å². The van der Waals surface area contributed by atoms with E-state index in [4.69, 9.17) is 9.84 Å². The van der Waals surface area contributed by atoms with Crippen LogP contribution in [0.1, 0.15) is 17.3 Å². The van der Waals surface area contributed by atoms with E-state index in [0.29, 0.717) is 0 Å². The van der Waals surface area contributed by atoms with E-state index in [1.54, 1.807) is 0 Å². The van der Waals surface area contributed by atoms with Crippen molar-refractivity contribution in [2.75, 3.05) is 20.7 Å². The molecule has 1 aromatic rings.